The van der Waals surface area contributed by atoms with Crippen LogP contribution in [0.4, 0.5) is 24.7 Å². The molecule has 2 heterocycles. The van der Waals surface area contributed by atoms with Crippen LogP contribution < -0.4 is 15.0 Å². The van der Waals surface area contributed by atoms with Crippen molar-refractivity contribution in [1.29, 1.82) is 0 Å². The second-order valence-electron chi connectivity index (χ2n) is 6.49. The van der Waals surface area contributed by atoms with Gasteiger partial charge in [0.1, 0.15) is 5.75 Å². The molecule has 4 nitrogen and oxygen atoms in total. The fraction of sp³-hybridized carbons (Fsp3) is 0.421. The largest absolute Gasteiger partial charge is 0.497 e. The molecule has 0 radical (unpaired) electrons. The summed E-state index contributed by atoms with van der Waals surface area (Å²) in [6.07, 6.45) is -0.562. The van der Waals surface area contributed by atoms with Crippen LogP contribution in [0.25, 0.3) is 0 Å². The Labute approximate surface area is 151 Å². The third kappa shape index (κ3) is 4.20. The van der Waals surface area contributed by atoms with E-state index < -0.39 is 11.7 Å². The number of ether oxygens (including phenoxy) is 1. The normalized spacial score (nSPS) is 16.4. The molecule has 1 saturated heterocycles. The van der Waals surface area contributed by atoms with Gasteiger partial charge in [-0.2, -0.15) is 0 Å². The lowest BCUT2D eigenvalue weighted by Gasteiger charge is -2.33. The summed E-state index contributed by atoms with van der Waals surface area (Å²) in [7, 11) is 1.60. The van der Waals surface area contributed by atoms with E-state index in [2.05, 4.69) is 10.3 Å². The van der Waals surface area contributed by atoms with Crippen LogP contribution in [0, 0.1) is 12.7 Å². The number of aromatic nitrogens is 1. The van der Waals surface area contributed by atoms with Crippen LogP contribution in [0.1, 0.15) is 24.1 Å². The van der Waals surface area contributed by atoms with Crippen molar-refractivity contribution in [3.8, 4) is 5.75 Å². The van der Waals surface area contributed by atoms with E-state index in [-0.39, 0.29) is 31.7 Å². The Morgan fingerprint density at radius 2 is 1.85 bits per heavy atom. The van der Waals surface area contributed by atoms with E-state index in [0.29, 0.717) is 17.9 Å². The number of aryl methyl sites for hydroxylation is 1. The van der Waals surface area contributed by atoms with Crippen LogP contribution in [-0.4, -0.2) is 31.1 Å². The molecule has 26 heavy (non-hydrogen) atoms. The lowest BCUT2D eigenvalue weighted by Crippen LogP contribution is -2.40. The first kappa shape index (κ1) is 18.4. The number of piperidine rings is 1. The van der Waals surface area contributed by atoms with E-state index in [1.165, 1.54) is 0 Å². The van der Waals surface area contributed by atoms with Crippen molar-refractivity contribution < 1.29 is 17.9 Å². The number of pyridine rings is 1. The SMILES string of the molecule is COc1ccc(CNc2cc(C)nc(N3CCC(F)(F)CC3)c2F)cc1. The summed E-state index contributed by atoms with van der Waals surface area (Å²) in [5.74, 6) is -2.29. The smallest absolute Gasteiger partial charge is 0.251 e. The first-order valence-corrected chi connectivity index (χ1v) is 8.55. The van der Waals surface area contributed by atoms with Crippen LogP contribution >= 0.6 is 0 Å². The van der Waals surface area contributed by atoms with E-state index in [1.54, 1.807) is 25.0 Å². The minimum absolute atomic E-state index is 0.0955. The predicted molar refractivity (Wildman–Crippen MR) is 95.6 cm³/mol. The molecule has 1 N–H and O–H groups in total. The van der Waals surface area contributed by atoms with E-state index in [9.17, 15) is 13.2 Å². The molecule has 1 aliphatic rings. The number of anilines is 2. The molecule has 1 fully saturated rings. The van der Waals surface area contributed by atoms with Crippen LogP contribution in [0.15, 0.2) is 30.3 Å². The fourth-order valence-corrected chi connectivity index (χ4v) is 2.97. The molecule has 1 aromatic heterocycles. The lowest BCUT2D eigenvalue weighted by molar-refractivity contribution is -0.0222. The number of rotatable bonds is 5. The predicted octanol–water partition coefficient (Wildman–Crippen LogP) is 4.39. The number of alkyl halides is 2. The molecule has 140 valence electrons. The number of halogens is 3. The number of nitrogens with one attached hydrogen (secondary N) is 1. The van der Waals surface area contributed by atoms with E-state index in [0.717, 1.165) is 11.3 Å². The molecule has 0 saturated carbocycles. The standard InChI is InChI=1S/C19H22F3N3O/c1-13-11-16(23-12-14-3-5-15(26-2)6-4-14)17(20)18(24-13)25-9-7-19(21,22)8-10-25/h3-6,11H,7-10,12H2,1-2H3,(H,23,24). The molecule has 0 atom stereocenters. The van der Waals surface area contributed by atoms with Crippen molar-refractivity contribution in [2.45, 2.75) is 32.2 Å². The lowest BCUT2D eigenvalue weighted by atomic mass is 10.1. The quantitative estimate of drug-likeness (QED) is 0.853. The topological polar surface area (TPSA) is 37.4 Å². The summed E-state index contributed by atoms with van der Waals surface area (Å²) in [6, 6.07) is 9.09. The Bertz CT molecular complexity index is 755. The molecule has 0 unspecified atom stereocenters. The van der Waals surface area contributed by atoms with Crippen LogP contribution in [0.5, 0.6) is 5.75 Å². The van der Waals surface area contributed by atoms with Gasteiger partial charge < -0.3 is 15.0 Å². The molecule has 1 aliphatic heterocycles. The van der Waals surface area contributed by atoms with Gasteiger partial charge in [0.25, 0.3) is 5.92 Å². The maximum atomic E-state index is 14.9. The molecule has 0 aliphatic carbocycles. The van der Waals surface area contributed by atoms with Gasteiger partial charge in [0, 0.05) is 38.2 Å². The van der Waals surface area contributed by atoms with Gasteiger partial charge in [0.15, 0.2) is 11.6 Å². The first-order chi connectivity index (χ1) is 12.4. The van der Waals surface area contributed by atoms with Gasteiger partial charge in [0.05, 0.1) is 12.8 Å². The highest BCUT2D eigenvalue weighted by atomic mass is 19.3. The molecular formula is C19H22F3N3O. The number of nitrogens with zero attached hydrogens (tertiary/aromatic N) is 2. The molecular weight excluding hydrogens is 343 g/mol. The van der Waals surface area contributed by atoms with Crippen LogP contribution in [0.2, 0.25) is 0 Å². The highest BCUT2D eigenvalue weighted by Crippen LogP contribution is 2.32. The summed E-state index contributed by atoms with van der Waals surface area (Å²) < 4.78 is 46.7. The highest BCUT2D eigenvalue weighted by molar-refractivity contribution is 5.57. The zero-order chi connectivity index (χ0) is 18.7. The van der Waals surface area contributed by atoms with Crippen molar-refractivity contribution in [1.82, 2.24) is 4.98 Å². The second kappa shape index (κ2) is 7.43. The highest BCUT2D eigenvalue weighted by Gasteiger charge is 2.35. The maximum Gasteiger partial charge on any atom is 0.251 e. The van der Waals surface area contributed by atoms with E-state index >= 15 is 0 Å². The third-order valence-corrected chi connectivity index (χ3v) is 4.50. The molecule has 0 amide bonds. The van der Waals surface area contributed by atoms with Crippen LogP contribution in [0.3, 0.4) is 0 Å². The molecule has 2 aromatic rings. The van der Waals surface area contributed by atoms with Gasteiger partial charge in [-0.05, 0) is 30.7 Å². The number of methoxy groups -OCH3 is 1. The molecule has 0 spiro atoms. The van der Waals surface area contributed by atoms with Gasteiger partial charge in [-0.15, -0.1) is 0 Å². The van der Waals surface area contributed by atoms with Crippen molar-refractivity contribution in [3.63, 3.8) is 0 Å². The third-order valence-electron chi connectivity index (χ3n) is 4.50. The van der Waals surface area contributed by atoms with Crippen molar-refractivity contribution in [2.75, 3.05) is 30.4 Å². The minimum Gasteiger partial charge on any atom is -0.497 e. The number of benzene rings is 1. The molecule has 3 rings (SSSR count). The summed E-state index contributed by atoms with van der Waals surface area (Å²) in [5.41, 5.74) is 1.93. The Morgan fingerprint density at radius 1 is 1.19 bits per heavy atom. The van der Waals surface area contributed by atoms with Crippen molar-refractivity contribution in [2.24, 2.45) is 0 Å². The van der Waals surface area contributed by atoms with Gasteiger partial charge in [-0.25, -0.2) is 18.2 Å². The van der Waals surface area contributed by atoms with E-state index in [4.69, 9.17) is 4.74 Å². The summed E-state index contributed by atoms with van der Waals surface area (Å²) in [4.78, 5) is 5.83. The molecule has 1 aromatic carbocycles. The van der Waals surface area contributed by atoms with Crippen molar-refractivity contribution >= 4 is 11.5 Å². The van der Waals surface area contributed by atoms with Gasteiger partial charge >= 0.3 is 0 Å². The van der Waals surface area contributed by atoms with Gasteiger partial charge in [-0.1, -0.05) is 12.1 Å². The monoisotopic (exact) mass is 365 g/mol. The molecule has 0 bridgehead atoms. The maximum absolute atomic E-state index is 14.9. The Kier molecular flexibility index (Phi) is 5.25. The summed E-state index contributed by atoms with van der Waals surface area (Å²) in [5, 5.41) is 3.07. The minimum atomic E-state index is -2.67. The Hall–Kier alpha value is -2.44. The second-order valence-corrected chi connectivity index (χ2v) is 6.49. The molecule has 7 heteroatoms. The van der Waals surface area contributed by atoms with E-state index in [1.807, 2.05) is 24.3 Å². The average molecular weight is 365 g/mol. The Morgan fingerprint density at radius 3 is 2.46 bits per heavy atom. The first-order valence-electron chi connectivity index (χ1n) is 8.55. The van der Waals surface area contributed by atoms with Crippen molar-refractivity contribution in [3.05, 3.63) is 47.4 Å². The fourth-order valence-electron chi connectivity index (χ4n) is 2.97. The summed E-state index contributed by atoms with van der Waals surface area (Å²) >= 11 is 0. The number of hydrogen-bond acceptors (Lipinski definition) is 4. The summed E-state index contributed by atoms with van der Waals surface area (Å²) in [6.45, 7) is 2.39. The number of hydrogen-bond donors (Lipinski definition) is 1. The van der Waals surface area contributed by atoms with Crippen LogP contribution in [-0.2, 0) is 6.54 Å². The van der Waals surface area contributed by atoms with Gasteiger partial charge in [0.2, 0.25) is 0 Å². The zero-order valence-electron chi connectivity index (χ0n) is 14.9. The average Bonchev–Trinajstić information content (AvgIpc) is 2.63. The Balaban J connectivity index is 1.74. The van der Waals surface area contributed by atoms with Gasteiger partial charge in [-0.3, -0.25) is 0 Å². The zero-order valence-corrected chi connectivity index (χ0v) is 14.9.